The Balaban J connectivity index is 1.84. The van der Waals surface area contributed by atoms with Crippen LogP contribution in [0.4, 0.5) is 0 Å². The lowest BCUT2D eigenvalue weighted by atomic mass is 10.1. The number of hydrogen-bond acceptors (Lipinski definition) is 4. The van der Waals surface area contributed by atoms with E-state index in [1.54, 1.807) is 30.3 Å². The Morgan fingerprint density at radius 3 is 2.48 bits per heavy atom. The first-order valence-corrected chi connectivity index (χ1v) is 8.70. The average molecular weight is 366 g/mol. The average Bonchev–Trinajstić information content (AvgIpc) is 3.03. The largest absolute Gasteiger partial charge is 0.478 e. The predicted octanol–water partition coefficient (Wildman–Crippen LogP) is 3.29. The van der Waals surface area contributed by atoms with Crippen LogP contribution in [0, 0.1) is 6.92 Å². The maximum Gasteiger partial charge on any atom is 0.335 e. The number of carbonyl (C=O) groups is 2. The van der Waals surface area contributed by atoms with Gasteiger partial charge in [0.05, 0.1) is 23.0 Å². The highest BCUT2D eigenvalue weighted by Crippen LogP contribution is 2.20. The molecule has 1 N–H and O–H groups in total. The summed E-state index contributed by atoms with van der Waals surface area (Å²) in [5.41, 5.74) is 3.04. The number of aryl methyl sites for hydroxylation is 1. The molecule has 0 atom stereocenters. The Kier molecular flexibility index (Phi) is 4.94. The van der Waals surface area contributed by atoms with Gasteiger partial charge in [-0.25, -0.2) is 14.5 Å². The van der Waals surface area contributed by atoms with Gasteiger partial charge in [-0.1, -0.05) is 12.1 Å². The van der Waals surface area contributed by atoms with Crippen molar-refractivity contribution in [3.63, 3.8) is 0 Å². The van der Waals surface area contributed by atoms with Gasteiger partial charge >= 0.3 is 5.97 Å². The van der Waals surface area contributed by atoms with Crippen LogP contribution in [0.15, 0.2) is 36.5 Å². The van der Waals surface area contributed by atoms with Gasteiger partial charge in [-0.15, -0.1) is 0 Å². The maximum absolute atomic E-state index is 12.9. The van der Waals surface area contributed by atoms with Crippen LogP contribution in [0.2, 0.25) is 0 Å². The van der Waals surface area contributed by atoms with Crippen LogP contribution in [-0.2, 0) is 6.54 Å². The van der Waals surface area contributed by atoms with Crippen LogP contribution in [0.1, 0.15) is 51.9 Å². The van der Waals surface area contributed by atoms with Gasteiger partial charge < -0.3 is 10.0 Å². The summed E-state index contributed by atoms with van der Waals surface area (Å²) in [6, 6.07) is 8.52. The predicted molar refractivity (Wildman–Crippen MR) is 102 cm³/mol. The molecule has 1 aromatic carbocycles. The molecule has 0 fully saturated rings. The van der Waals surface area contributed by atoms with Crippen molar-refractivity contribution in [2.24, 2.45) is 0 Å². The van der Waals surface area contributed by atoms with Crippen molar-refractivity contribution in [1.29, 1.82) is 0 Å². The van der Waals surface area contributed by atoms with Crippen molar-refractivity contribution in [3.05, 3.63) is 58.9 Å². The van der Waals surface area contributed by atoms with E-state index in [9.17, 15) is 9.59 Å². The topological polar surface area (TPSA) is 88.3 Å². The molecule has 0 aliphatic rings. The van der Waals surface area contributed by atoms with Gasteiger partial charge in [0.25, 0.3) is 5.91 Å². The van der Waals surface area contributed by atoms with E-state index in [1.165, 1.54) is 12.1 Å². The van der Waals surface area contributed by atoms with E-state index in [0.29, 0.717) is 17.8 Å². The van der Waals surface area contributed by atoms with Gasteiger partial charge in [0.2, 0.25) is 0 Å². The van der Waals surface area contributed by atoms with Crippen molar-refractivity contribution in [3.8, 4) is 0 Å². The van der Waals surface area contributed by atoms with E-state index < -0.39 is 5.97 Å². The number of nitrogens with zero attached hydrogens (tertiary/aromatic N) is 4. The molecule has 2 aromatic heterocycles. The second-order valence-electron chi connectivity index (χ2n) is 6.88. The zero-order valence-electron chi connectivity index (χ0n) is 15.8. The quantitative estimate of drug-likeness (QED) is 0.748. The van der Waals surface area contributed by atoms with Gasteiger partial charge in [-0.05, 0) is 44.5 Å². The number of benzene rings is 1. The fraction of sp³-hybridized carbons (Fsp3) is 0.300. The first kappa shape index (κ1) is 18.6. The van der Waals surface area contributed by atoms with Crippen LogP contribution in [0.5, 0.6) is 0 Å². The first-order valence-electron chi connectivity index (χ1n) is 8.70. The summed E-state index contributed by atoms with van der Waals surface area (Å²) in [6.45, 7) is 6.26. The number of carbonyl (C=O) groups excluding carboxylic acids is 1. The molecule has 2 heterocycles. The molecular formula is C20H22N4O3. The number of carboxylic acid groups (broad SMARTS) is 1. The van der Waals surface area contributed by atoms with Crippen molar-refractivity contribution in [2.45, 2.75) is 33.4 Å². The van der Waals surface area contributed by atoms with E-state index in [2.05, 4.69) is 10.1 Å². The van der Waals surface area contributed by atoms with E-state index >= 15 is 0 Å². The molecule has 0 aliphatic carbocycles. The summed E-state index contributed by atoms with van der Waals surface area (Å²) in [7, 11) is 1.72. The highest BCUT2D eigenvalue weighted by Gasteiger charge is 2.18. The molecule has 3 aromatic rings. The molecule has 7 nitrogen and oxygen atoms in total. The SMILES string of the molecule is Cc1nc2c(cnn2C(C)C)cc1C(=O)N(C)Cc1ccc(C(=O)O)cc1. The lowest BCUT2D eigenvalue weighted by Crippen LogP contribution is -2.27. The normalized spacial score (nSPS) is 11.1. The van der Waals surface area contributed by atoms with Crippen molar-refractivity contribution < 1.29 is 14.7 Å². The Bertz CT molecular complexity index is 1010. The van der Waals surface area contributed by atoms with Crippen LogP contribution >= 0.6 is 0 Å². The molecule has 7 heteroatoms. The Labute approximate surface area is 157 Å². The Hall–Kier alpha value is -3.22. The van der Waals surface area contributed by atoms with Crippen molar-refractivity contribution in [1.82, 2.24) is 19.7 Å². The molecular weight excluding hydrogens is 344 g/mol. The van der Waals surface area contributed by atoms with Gasteiger partial charge in [-0.2, -0.15) is 5.10 Å². The van der Waals surface area contributed by atoms with Crippen LogP contribution < -0.4 is 0 Å². The molecule has 3 rings (SSSR count). The fourth-order valence-electron chi connectivity index (χ4n) is 2.96. The third kappa shape index (κ3) is 3.67. The van der Waals surface area contributed by atoms with Crippen LogP contribution in [0.3, 0.4) is 0 Å². The molecule has 0 aliphatic heterocycles. The number of aromatic nitrogens is 3. The van der Waals surface area contributed by atoms with Gasteiger partial charge in [0.15, 0.2) is 5.65 Å². The number of hydrogen-bond donors (Lipinski definition) is 1. The minimum atomic E-state index is -0.970. The summed E-state index contributed by atoms with van der Waals surface area (Å²) in [5.74, 6) is -1.11. The fourth-order valence-corrected chi connectivity index (χ4v) is 2.96. The number of rotatable bonds is 5. The highest BCUT2D eigenvalue weighted by atomic mass is 16.4. The van der Waals surface area contributed by atoms with Gasteiger partial charge in [0, 0.05) is 25.0 Å². The molecule has 27 heavy (non-hydrogen) atoms. The van der Waals surface area contributed by atoms with Gasteiger partial charge in [0.1, 0.15) is 0 Å². The number of carboxylic acids is 1. The summed E-state index contributed by atoms with van der Waals surface area (Å²) in [5, 5.41) is 14.2. The van der Waals surface area contributed by atoms with Crippen molar-refractivity contribution in [2.75, 3.05) is 7.05 Å². The van der Waals surface area contributed by atoms with E-state index in [0.717, 1.165) is 16.6 Å². The molecule has 1 amide bonds. The molecule has 0 saturated heterocycles. The van der Waals surface area contributed by atoms with E-state index in [1.807, 2.05) is 31.5 Å². The van der Waals surface area contributed by atoms with E-state index in [4.69, 9.17) is 5.11 Å². The molecule has 0 radical (unpaired) electrons. The Morgan fingerprint density at radius 1 is 1.22 bits per heavy atom. The molecule has 0 saturated carbocycles. The third-order valence-electron chi connectivity index (χ3n) is 4.45. The third-order valence-corrected chi connectivity index (χ3v) is 4.45. The van der Waals surface area contributed by atoms with Crippen molar-refractivity contribution >= 4 is 22.9 Å². The zero-order valence-corrected chi connectivity index (χ0v) is 15.8. The minimum absolute atomic E-state index is 0.137. The summed E-state index contributed by atoms with van der Waals surface area (Å²) >= 11 is 0. The number of pyridine rings is 1. The summed E-state index contributed by atoms with van der Waals surface area (Å²) < 4.78 is 1.84. The summed E-state index contributed by atoms with van der Waals surface area (Å²) in [4.78, 5) is 30.0. The monoisotopic (exact) mass is 366 g/mol. The highest BCUT2D eigenvalue weighted by molar-refractivity contribution is 5.98. The second kappa shape index (κ2) is 7.19. The lowest BCUT2D eigenvalue weighted by Gasteiger charge is -2.18. The molecule has 0 spiro atoms. The number of fused-ring (bicyclic) bond motifs is 1. The maximum atomic E-state index is 12.9. The lowest BCUT2D eigenvalue weighted by molar-refractivity contribution is 0.0695. The minimum Gasteiger partial charge on any atom is -0.478 e. The van der Waals surface area contributed by atoms with Crippen LogP contribution in [0.25, 0.3) is 11.0 Å². The number of aromatic carboxylic acids is 1. The molecule has 0 bridgehead atoms. The zero-order chi connectivity index (χ0) is 19.7. The summed E-state index contributed by atoms with van der Waals surface area (Å²) in [6.07, 6.45) is 1.73. The standard InChI is InChI=1S/C20H22N4O3/c1-12(2)24-18-16(10-21-24)9-17(13(3)22-18)19(25)23(4)11-14-5-7-15(8-6-14)20(26)27/h5-10,12H,11H2,1-4H3,(H,26,27). The molecule has 140 valence electrons. The Morgan fingerprint density at radius 2 is 1.89 bits per heavy atom. The first-order chi connectivity index (χ1) is 12.8. The smallest absolute Gasteiger partial charge is 0.335 e. The van der Waals surface area contributed by atoms with Crippen LogP contribution in [-0.4, -0.2) is 43.7 Å². The molecule has 0 unspecified atom stereocenters. The number of amides is 1. The second-order valence-corrected chi connectivity index (χ2v) is 6.88. The van der Waals surface area contributed by atoms with Gasteiger partial charge in [-0.3, -0.25) is 4.79 Å². The van der Waals surface area contributed by atoms with E-state index in [-0.39, 0.29) is 17.5 Å².